The maximum atomic E-state index is 14.1. The average Bonchev–Trinajstić information content (AvgIpc) is 3.38. The van der Waals surface area contributed by atoms with Crippen LogP contribution in [0.5, 0.6) is 0 Å². The van der Waals surface area contributed by atoms with Crippen molar-refractivity contribution in [2.24, 2.45) is 4.99 Å². The Labute approximate surface area is 265 Å². The van der Waals surface area contributed by atoms with Gasteiger partial charge in [0.2, 0.25) is 0 Å². The summed E-state index contributed by atoms with van der Waals surface area (Å²) in [6, 6.07) is 9.50. The van der Waals surface area contributed by atoms with Crippen LogP contribution in [0.1, 0.15) is 53.8 Å². The standard InChI is InChI=1S/C29H26ClF3N8O2S2/c30-20-13-17(31)4-5-19(20)25-24(21-6-11-41(38-21)28(32)33)22-14-18(15-40(22)26(37-25)27-35-10-12-44-27)39-45(42,43)36-16-29(7-8-29)23-3-1-2-9-34-23/h1-6,9-13,18,25,28,36,39H,7-8,14-16H2/t18-,25-/m0/s1. The van der Waals surface area contributed by atoms with Gasteiger partial charge in [0.25, 0.3) is 10.2 Å². The van der Waals surface area contributed by atoms with Crippen LogP contribution in [-0.4, -0.2) is 58.0 Å². The third kappa shape index (κ3) is 5.90. The van der Waals surface area contributed by atoms with E-state index in [9.17, 15) is 21.6 Å². The van der Waals surface area contributed by atoms with Gasteiger partial charge in [0, 0.05) is 82.5 Å². The van der Waals surface area contributed by atoms with E-state index in [1.165, 1.54) is 29.5 Å². The second-order valence-electron chi connectivity index (χ2n) is 11.1. The zero-order valence-corrected chi connectivity index (χ0v) is 25.8. The smallest absolute Gasteiger partial charge is 0.326 e. The fourth-order valence-electron chi connectivity index (χ4n) is 5.88. The Morgan fingerprint density at radius 3 is 2.64 bits per heavy atom. The molecule has 0 unspecified atom stereocenters. The second-order valence-corrected chi connectivity index (χ2v) is 14.0. The van der Waals surface area contributed by atoms with Gasteiger partial charge in [-0.1, -0.05) is 23.7 Å². The Morgan fingerprint density at radius 1 is 1.13 bits per heavy atom. The lowest BCUT2D eigenvalue weighted by Crippen LogP contribution is -2.46. The van der Waals surface area contributed by atoms with Gasteiger partial charge in [-0.25, -0.2) is 18.8 Å². The van der Waals surface area contributed by atoms with Crippen molar-refractivity contribution < 1.29 is 21.6 Å². The Kier molecular flexibility index (Phi) is 7.76. The number of aliphatic imine (C=N–C) groups is 1. The topological polar surface area (TPSA) is 117 Å². The number of hydrogen-bond donors (Lipinski definition) is 2. The van der Waals surface area contributed by atoms with Crippen LogP contribution in [0.25, 0.3) is 5.57 Å². The molecule has 0 radical (unpaired) electrons. The molecule has 1 aromatic carbocycles. The van der Waals surface area contributed by atoms with Crippen LogP contribution in [0.15, 0.2) is 77.1 Å². The van der Waals surface area contributed by atoms with Crippen LogP contribution >= 0.6 is 22.9 Å². The highest BCUT2D eigenvalue weighted by molar-refractivity contribution is 7.87. The Morgan fingerprint density at radius 2 is 1.98 bits per heavy atom. The molecule has 1 saturated heterocycles. The van der Waals surface area contributed by atoms with E-state index < -0.39 is 34.7 Å². The average molecular weight is 675 g/mol. The molecule has 3 aliphatic rings. The first-order valence-corrected chi connectivity index (χ1v) is 16.8. The van der Waals surface area contributed by atoms with E-state index in [0.717, 1.165) is 30.8 Å². The number of hydrogen-bond acceptors (Lipinski definition) is 8. The summed E-state index contributed by atoms with van der Waals surface area (Å²) in [7, 11) is -3.96. The number of thiazole rings is 1. The number of fused-ring (bicyclic) bond motifs is 1. The molecule has 7 rings (SSSR count). The van der Waals surface area contributed by atoms with Crippen molar-refractivity contribution in [3.8, 4) is 0 Å². The number of amidine groups is 1. The minimum absolute atomic E-state index is 0.100. The lowest BCUT2D eigenvalue weighted by atomic mass is 9.92. The van der Waals surface area contributed by atoms with Gasteiger partial charge in [0.15, 0.2) is 10.8 Å². The van der Waals surface area contributed by atoms with E-state index in [0.29, 0.717) is 32.4 Å². The van der Waals surface area contributed by atoms with Crippen LogP contribution in [0.4, 0.5) is 13.2 Å². The third-order valence-electron chi connectivity index (χ3n) is 8.21. The van der Waals surface area contributed by atoms with Crippen LogP contribution in [0, 0.1) is 5.82 Å². The van der Waals surface area contributed by atoms with Crippen LogP contribution in [-0.2, 0) is 15.6 Å². The molecule has 5 heterocycles. The lowest BCUT2D eigenvalue weighted by molar-refractivity contribution is 0.0564. The van der Waals surface area contributed by atoms with Crippen molar-refractivity contribution in [2.75, 3.05) is 13.1 Å². The number of alkyl halides is 2. The molecule has 2 fully saturated rings. The number of benzene rings is 1. The first-order valence-electron chi connectivity index (χ1n) is 14.1. The number of rotatable bonds is 10. The first-order chi connectivity index (χ1) is 21.6. The largest absolute Gasteiger partial charge is 0.333 e. The Balaban J connectivity index is 1.24. The summed E-state index contributed by atoms with van der Waals surface area (Å²) < 4.78 is 73.9. The molecular weight excluding hydrogens is 649 g/mol. The first kappa shape index (κ1) is 30.0. The zero-order valence-electron chi connectivity index (χ0n) is 23.4. The summed E-state index contributed by atoms with van der Waals surface area (Å²) in [4.78, 5) is 15.7. The minimum Gasteiger partial charge on any atom is -0.326 e. The molecule has 2 aliphatic heterocycles. The van der Waals surface area contributed by atoms with E-state index in [1.807, 2.05) is 23.1 Å². The molecule has 2 atom stereocenters. The van der Waals surface area contributed by atoms with Crippen molar-refractivity contribution in [2.45, 2.75) is 43.3 Å². The number of halogens is 4. The normalized spacial score (nSPS) is 20.9. The van der Waals surface area contributed by atoms with Gasteiger partial charge in [-0.3, -0.25) is 9.98 Å². The molecule has 1 aliphatic carbocycles. The van der Waals surface area contributed by atoms with Crippen molar-refractivity contribution in [1.29, 1.82) is 0 Å². The summed E-state index contributed by atoms with van der Waals surface area (Å²) >= 11 is 7.86. The summed E-state index contributed by atoms with van der Waals surface area (Å²) in [5.41, 5.74) is 2.25. The van der Waals surface area contributed by atoms with Crippen molar-refractivity contribution >= 4 is 44.6 Å². The van der Waals surface area contributed by atoms with Gasteiger partial charge >= 0.3 is 6.55 Å². The van der Waals surface area contributed by atoms with E-state index in [1.54, 1.807) is 17.8 Å². The molecule has 0 amide bonds. The molecule has 10 nitrogen and oxygen atoms in total. The van der Waals surface area contributed by atoms with Crippen molar-refractivity contribution in [1.82, 2.24) is 34.1 Å². The number of pyridine rings is 1. The molecule has 1 saturated carbocycles. The van der Waals surface area contributed by atoms with Gasteiger partial charge in [-0.15, -0.1) is 11.3 Å². The molecule has 45 heavy (non-hydrogen) atoms. The summed E-state index contributed by atoms with van der Waals surface area (Å²) in [6.45, 7) is -2.48. The predicted molar refractivity (Wildman–Crippen MR) is 164 cm³/mol. The van der Waals surface area contributed by atoms with Crippen molar-refractivity contribution in [3.05, 3.63) is 105 Å². The number of nitrogens with one attached hydrogen (secondary N) is 2. The molecular formula is C29H26ClF3N8O2S2. The lowest BCUT2D eigenvalue weighted by Gasteiger charge is -2.32. The Bertz CT molecular complexity index is 1900. The fourth-order valence-corrected chi connectivity index (χ4v) is 7.94. The second kappa shape index (κ2) is 11.6. The van der Waals surface area contributed by atoms with E-state index in [-0.39, 0.29) is 35.6 Å². The van der Waals surface area contributed by atoms with E-state index >= 15 is 0 Å². The van der Waals surface area contributed by atoms with Crippen LogP contribution in [0.3, 0.4) is 0 Å². The van der Waals surface area contributed by atoms with Gasteiger partial charge < -0.3 is 4.90 Å². The maximum absolute atomic E-state index is 14.1. The Hall–Kier alpha value is -3.63. The molecule has 0 bridgehead atoms. The SMILES string of the molecule is O=S(=O)(NCC1(c2ccccn2)CC1)N[C@H]1CC2=C(c3ccn(C(F)F)n3)[C@H](c3ccc(F)cc3Cl)N=C(c3nccs3)N2C1. The summed E-state index contributed by atoms with van der Waals surface area (Å²) in [6.07, 6.45) is 6.33. The van der Waals surface area contributed by atoms with Crippen LogP contribution in [0.2, 0.25) is 5.02 Å². The summed E-state index contributed by atoms with van der Waals surface area (Å²) in [5.74, 6) is -0.0791. The van der Waals surface area contributed by atoms with E-state index in [4.69, 9.17) is 16.6 Å². The number of aromatic nitrogens is 4. The summed E-state index contributed by atoms with van der Waals surface area (Å²) in [5, 5.41) is 6.58. The molecule has 234 valence electrons. The van der Waals surface area contributed by atoms with Gasteiger partial charge in [-0.2, -0.15) is 27.0 Å². The third-order valence-corrected chi connectivity index (χ3v) is 10.5. The van der Waals surface area contributed by atoms with E-state index in [2.05, 4.69) is 24.5 Å². The molecule has 2 N–H and O–H groups in total. The van der Waals surface area contributed by atoms with Crippen LogP contribution < -0.4 is 9.44 Å². The predicted octanol–water partition coefficient (Wildman–Crippen LogP) is 5.07. The van der Waals surface area contributed by atoms with Gasteiger partial charge in [-0.05, 0) is 43.2 Å². The molecule has 3 aromatic heterocycles. The highest BCUT2D eigenvalue weighted by atomic mass is 35.5. The monoisotopic (exact) mass is 674 g/mol. The maximum Gasteiger partial charge on any atom is 0.333 e. The quantitative estimate of drug-likeness (QED) is 0.243. The fraction of sp³-hybridized carbons (Fsp3) is 0.310. The van der Waals surface area contributed by atoms with Gasteiger partial charge in [0.05, 0.1) is 5.69 Å². The highest BCUT2D eigenvalue weighted by Gasteiger charge is 2.47. The molecule has 4 aromatic rings. The molecule has 0 spiro atoms. The zero-order chi connectivity index (χ0) is 31.3. The molecule has 16 heteroatoms. The minimum atomic E-state index is -3.96. The van der Waals surface area contributed by atoms with Crippen molar-refractivity contribution in [3.63, 3.8) is 0 Å². The number of nitrogens with zero attached hydrogens (tertiary/aromatic N) is 6. The van der Waals surface area contributed by atoms with Gasteiger partial charge in [0.1, 0.15) is 11.9 Å². The highest BCUT2D eigenvalue weighted by Crippen LogP contribution is 2.48.